The van der Waals surface area contributed by atoms with Gasteiger partial charge in [0.25, 0.3) is 5.91 Å². The first-order valence-corrected chi connectivity index (χ1v) is 8.92. The molecule has 1 spiro atoms. The number of benzene rings is 2. The second-order valence-electron chi connectivity index (χ2n) is 7.30. The zero-order valence-electron chi connectivity index (χ0n) is 14.4. The van der Waals surface area contributed by atoms with E-state index in [0.29, 0.717) is 5.92 Å². The van der Waals surface area contributed by atoms with Gasteiger partial charge in [-0.1, -0.05) is 38.1 Å². The lowest BCUT2D eigenvalue weighted by Crippen LogP contribution is -2.59. The van der Waals surface area contributed by atoms with E-state index in [2.05, 4.69) is 43.4 Å². The molecule has 2 aliphatic rings. The summed E-state index contributed by atoms with van der Waals surface area (Å²) in [5.41, 5.74) is 3.76. The van der Waals surface area contributed by atoms with Crippen LogP contribution in [0.3, 0.4) is 0 Å². The molecule has 0 unspecified atom stereocenters. The van der Waals surface area contributed by atoms with Crippen LogP contribution < -0.4 is 10.2 Å². The van der Waals surface area contributed by atoms with E-state index in [1.54, 1.807) is 0 Å². The number of carbonyl (C=O) groups is 1. The number of anilines is 2. The van der Waals surface area contributed by atoms with Gasteiger partial charge in [0.2, 0.25) is 0 Å². The average Bonchev–Trinajstić information content (AvgIpc) is 3.04. The van der Waals surface area contributed by atoms with E-state index in [4.69, 9.17) is 0 Å². The Labute approximate surface area is 143 Å². The number of amides is 1. The first-order chi connectivity index (χ1) is 11.6. The fourth-order valence-corrected chi connectivity index (χ4v) is 4.08. The summed E-state index contributed by atoms with van der Waals surface area (Å²) in [7, 11) is 0. The number of hydrogen-bond donors (Lipinski definition) is 1. The van der Waals surface area contributed by atoms with Crippen molar-refractivity contribution in [3.63, 3.8) is 0 Å². The van der Waals surface area contributed by atoms with Crippen LogP contribution >= 0.6 is 0 Å². The van der Waals surface area contributed by atoms with Crippen molar-refractivity contribution in [1.82, 2.24) is 0 Å². The third-order valence-corrected chi connectivity index (χ3v) is 5.40. The zero-order chi connectivity index (χ0) is 16.7. The molecule has 2 aromatic rings. The number of hydrogen-bond acceptors (Lipinski definition) is 2. The lowest BCUT2D eigenvalue weighted by Gasteiger charge is -2.46. The van der Waals surface area contributed by atoms with Crippen molar-refractivity contribution < 1.29 is 4.79 Å². The maximum atomic E-state index is 13.3. The van der Waals surface area contributed by atoms with Crippen molar-refractivity contribution in [3.05, 3.63) is 59.7 Å². The molecule has 3 nitrogen and oxygen atoms in total. The molecular weight excluding hydrogens is 296 g/mol. The Bertz CT molecular complexity index is 758. The molecule has 0 radical (unpaired) electrons. The molecule has 2 aromatic carbocycles. The third kappa shape index (κ3) is 2.31. The van der Waals surface area contributed by atoms with Crippen molar-refractivity contribution in [1.29, 1.82) is 0 Å². The molecule has 1 N–H and O–H groups in total. The topological polar surface area (TPSA) is 32.3 Å². The van der Waals surface area contributed by atoms with Gasteiger partial charge in [-0.05, 0) is 61.4 Å². The smallest absolute Gasteiger partial charge is 0.262 e. The highest BCUT2D eigenvalue weighted by Crippen LogP contribution is 2.44. The number of nitrogens with zero attached hydrogens (tertiary/aromatic N) is 1. The fourth-order valence-electron chi connectivity index (χ4n) is 4.08. The van der Waals surface area contributed by atoms with E-state index in [1.807, 2.05) is 29.2 Å². The quantitative estimate of drug-likeness (QED) is 0.829. The van der Waals surface area contributed by atoms with Crippen LogP contribution in [0, 0.1) is 0 Å². The number of rotatable bonds is 2. The Hall–Kier alpha value is -2.29. The summed E-state index contributed by atoms with van der Waals surface area (Å²) in [5, 5.41) is 3.69. The van der Waals surface area contributed by atoms with Gasteiger partial charge in [0.15, 0.2) is 0 Å². The number of para-hydroxylation sites is 1. The van der Waals surface area contributed by atoms with Crippen molar-refractivity contribution in [2.24, 2.45) is 0 Å². The van der Waals surface area contributed by atoms with Crippen LogP contribution in [0.1, 0.15) is 61.4 Å². The highest BCUT2D eigenvalue weighted by Gasteiger charge is 2.47. The van der Waals surface area contributed by atoms with Gasteiger partial charge in [-0.15, -0.1) is 0 Å². The predicted molar refractivity (Wildman–Crippen MR) is 98.6 cm³/mol. The summed E-state index contributed by atoms with van der Waals surface area (Å²) < 4.78 is 0. The lowest BCUT2D eigenvalue weighted by molar-refractivity contribution is 0.0954. The van der Waals surface area contributed by atoms with Crippen molar-refractivity contribution in [2.45, 2.75) is 51.1 Å². The van der Waals surface area contributed by atoms with Crippen LogP contribution in [-0.2, 0) is 0 Å². The summed E-state index contributed by atoms with van der Waals surface area (Å²) in [4.78, 5) is 15.3. The van der Waals surface area contributed by atoms with Crippen molar-refractivity contribution in [3.8, 4) is 0 Å². The van der Waals surface area contributed by atoms with Gasteiger partial charge in [0, 0.05) is 11.4 Å². The van der Waals surface area contributed by atoms with E-state index in [-0.39, 0.29) is 11.6 Å². The molecule has 24 heavy (non-hydrogen) atoms. The summed E-state index contributed by atoms with van der Waals surface area (Å²) >= 11 is 0. The monoisotopic (exact) mass is 320 g/mol. The van der Waals surface area contributed by atoms with Crippen molar-refractivity contribution in [2.75, 3.05) is 10.2 Å². The van der Waals surface area contributed by atoms with Crippen LogP contribution in [0.2, 0.25) is 0 Å². The summed E-state index contributed by atoms with van der Waals surface area (Å²) in [6.45, 7) is 4.38. The van der Waals surface area contributed by atoms with E-state index in [0.717, 1.165) is 42.6 Å². The number of nitrogens with one attached hydrogen (secondary N) is 1. The molecule has 0 aromatic heterocycles. The zero-order valence-corrected chi connectivity index (χ0v) is 14.4. The van der Waals surface area contributed by atoms with E-state index >= 15 is 0 Å². The molecule has 1 amide bonds. The van der Waals surface area contributed by atoms with Crippen LogP contribution in [0.4, 0.5) is 11.4 Å². The molecule has 0 atom stereocenters. The van der Waals surface area contributed by atoms with Gasteiger partial charge >= 0.3 is 0 Å². The van der Waals surface area contributed by atoms with Gasteiger partial charge in [-0.2, -0.15) is 0 Å². The SMILES string of the molecule is CC(C)c1ccc(N2C(=O)c3ccccc3NC23CCCC3)cc1. The van der Waals surface area contributed by atoms with Gasteiger partial charge in [-0.3, -0.25) is 9.69 Å². The Kier molecular flexibility index (Phi) is 3.60. The minimum absolute atomic E-state index is 0.114. The summed E-state index contributed by atoms with van der Waals surface area (Å²) in [5.74, 6) is 0.610. The molecule has 1 aliphatic carbocycles. The standard InChI is InChI=1S/C21H24N2O/c1-15(2)16-9-11-17(12-10-16)23-20(24)18-7-3-4-8-19(18)22-21(23)13-5-6-14-21/h3-4,7-12,15,22H,5-6,13-14H2,1-2H3. The minimum Gasteiger partial charge on any atom is -0.362 e. The normalized spacial score (nSPS) is 18.8. The molecule has 124 valence electrons. The fraction of sp³-hybridized carbons (Fsp3) is 0.381. The molecule has 1 saturated carbocycles. The molecule has 0 bridgehead atoms. The van der Waals surface area contributed by atoms with Crippen LogP contribution in [0.25, 0.3) is 0 Å². The minimum atomic E-state index is -0.273. The first kappa shape index (κ1) is 15.3. The molecule has 4 rings (SSSR count). The van der Waals surface area contributed by atoms with Gasteiger partial charge in [0.05, 0.1) is 5.56 Å². The van der Waals surface area contributed by atoms with Crippen LogP contribution in [-0.4, -0.2) is 11.6 Å². The maximum absolute atomic E-state index is 13.3. The summed E-state index contributed by atoms with van der Waals surface area (Å²) in [6, 6.07) is 16.4. The van der Waals surface area contributed by atoms with Crippen LogP contribution in [0.5, 0.6) is 0 Å². The second kappa shape index (κ2) is 5.66. The van der Waals surface area contributed by atoms with E-state index < -0.39 is 0 Å². The van der Waals surface area contributed by atoms with E-state index in [1.165, 1.54) is 5.56 Å². The molecule has 1 fully saturated rings. The maximum Gasteiger partial charge on any atom is 0.262 e. The Morgan fingerprint density at radius 1 is 1.00 bits per heavy atom. The van der Waals surface area contributed by atoms with Gasteiger partial charge in [0.1, 0.15) is 5.66 Å². The Morgan fingerprint density at radius 2 is 1.67 bits per heavy atom. The highest BCUT2D eigenvalue weighted by molar-refractivity contribution is 6.12. The Balaban J connectivity index is 1.80. The first-order valence-electron chi connectivity index (χ1n) is 8.92. The second-order valence-corrected chi connectivity index (χ2v) is 7.30. The van der Waals surface area contributed by atoms with Crippen LogP contribution in [0.15, 0.2) is 48.5 Å². The predicted octanol–water partition coefficient (Wildman–Crippen LogP) is 5.15. The van der Waals surface area contributed by atoms with Crippen molar-refractivity contribution >= 4 is 17.3 Å². The molecular formula is C21H24N2O. The van der Waals surface area contributed by atoms with Gasteiger partial charge < -0.3 is 5.32 Å². The van der Waals surface area contributed by atoms with E-state index in [9.17, 15) is 4.79 Å². The molecule has 1 aliphatic heterocycles. The average molecular weight is 320 g/mol. The molecule has 3 heteroatoms. The molecule has 1 heterocycles. The molecule has 0 saturated heterocycles. The number of fused-ring (bicyclic) bond motifs is 1. The number of carbonyl (C=O) groups excluding carboxylic acids is 1. The largest absolute Gasteiger partial charge is 0.362 e. The van der Waals surface area contributed by atoms with Gasteiger partial charge in [-0.25, -0.2) is 0 Å². The summed E-state index contributed by atoms with van der Waals surface area (Å²) in [6.07, 6.45) is 4.31. The third-order valence-electron chi connectivity index (χ3n) is 5.40. The highest BCUT2D eigenvalue weighted by atomic mass is 16.2. The Morgan fingerprint density at radius 3 is 2.33 bits per heavy atom. The lowest BCUT2D eigenvalue weighted by atomic mass is 9.95.